The van der Waals surface area contributed by atoms with Crippen LogP contribution in [0.3, 0.4) is 0 Å². The zero-order chi connectivity index (χ0) is 12.8. The summed E-state index contributed by atoms with van der Waals surface area (Å²) in [5.74, 6) is 0.379. The number of halogens is 1. The lowest BCUT2D eigenvalue weighted by Gasteiger charge is -2.10. The van der Waals surface area contributed by atoms with Crippen molar-refractivity contribution in [1.29, 1.82) is 0 Å². The van der Waals surface area contributed by atoms with Crippen LogP contribution in [0.1, 0.15) is 19.4 Å². The van der Waals surface area contributed by atoms with Crippen LogP contribution in [0.25, 0.3) is 0 Å². The Hall–Kier alpha value is -0.520. The Morgan fingerprint density at radius 2 is 2.24 bits per heavy atom. The summed E-state index contributed by atoms with van der Waals surface area (Å²) in [7, 11) is 0. The number of carbonyl (C=O) groups excluding carboxylic acids is 1. The predicted octanol–water partition coefficient (Wildman–Crippen LogP) is 2.56. The van der Waals surface area contributed by atoms with Gasteiger partial charge in [0.1, 0.15) is 0 Å². The van der Waals surface area contributed by atoms with E-state index in [0.717, 1.165) is 14.9 Å². The normalized spacial score (nSPS) is 10.6. The van der Waals surface area contributed by atoms with E-state index in [-0.39, 0.29) is 18.6 Å². The Morgan fingerprint density at radius 3 is 2.82 bits per heavy atom. The van der Waals surface area contributed by atoms with Gasteiger partial charge < -0.3 is 10.4 Å². The third-order valence-electron chi connectivity index (χ3n) is 2.00. The summed E-state index contributed by atoms with van der Waals surface area (Å²) >= 11 is 4.79. The zero-order valence-corrected chi connectivity index (χ0v) is 12.3. The Morgan fingerprint density at radius 1 is 1.53 bits per heavy atom. The van der Waals surface area contributed by atoms with Crippen molar-refractivity contribution in [2.75, 3.05) is 5.75 Å². The first kappa shape index (κ1) is 14.5. The molecule has 2 N–H and O–H groups in total. The van der Waals surface area contributed by atoms with E-state index in [9.17, 15) is 9.90 Å². The summed E-state index contributed by atoms with van der Waals surface area (Å²) in [6, 6.07) is 5.83. The van der Waals surface area contributed by atoms with E-state index in [1.807, 2.05) is 32.0 Å². The molecule has 0 spiro atoms. The number of aliphatic hydroxyl groups excluding tert-OH is 1. The molecule has 0 atom stereocenters. The highest BCUT2D eigenvalue weighted by Gasteiger charge is 2.07. The summed E-state index contributed by atoms with van der Waals surface area (Å²) < 4.78 is 0.928. The monoisotopic (exact) mass is 317 g/mol. The van der Waals surface area contributed by atoms with Crippen molar-refractivity contribution in [1.82, 2.24) is 5.32 Å². The van der Waals surface area contributed by atoms with E-state index >= 15 is 0 Å². The fourth-order valence-corrected chi connectivity index (χ4v) is 2.57. The molecule has 0 bridgehead atoms. The molecule has 17 heavy (non-hydrogen) atoms. The van der Waals surface area contributed by atoms with Crippen LogP contribution in [-0.2, 0) is 11.4 Å². The number of benzene rings is 1. The standard InChI is InChI=1S/C12H16BrNO2S/c1-8(2)14-12(16)7-17-11-4-3-10(13)5-9(11)6-15/h3-5,8,15H,6-7H2,1-2H3,(H,14,16). The van der Waals surface area contributed by atoms with Crippen LogP contribution in [0.2, 0.25) is 0 Å². The maximum atomic E-state index is 11.5. The lowest BCUT2D eigenvalue weighted by Crippen LogP contribution is -2.31. The highest BCUT2D eigenvalue weighted by atomic mass is 79.9. The molecule has 0 aliphatic carbocycles. The second kappa shape index (κ2) is 7.03. The molecular weight excluding hydrogens is 302 g/mol. The van der Waals surface area contributed by atoms with Gasteiger partial charge in [-0.05, 0) is 37.6 Å². The number of rotatable bonds is 5. The Balaban J connectivity index is 2.60. The molecule has 1 aromatic carbocycles. The van der Waals surface area contributed by atoms with E-state index in [0.29, 0.717) is 5.75 Å². The first-order chi connectivity index (χ1) is 8.02. The third kappa shape index (κ3) is 5.10. The van der Waals surface area contributed by atoms with Crippen LogP contribution in [-0.4, -0.2) is 22.8 Å². The van der Waals surface area contributed by atoms with Crippen molar-refractivity contribution in [3.8, 4) is 0 Å². The van der Waals surface area contributed by atoms with Crippen molar-refractivity contribution in [2.24, 2.45) is 0 Å². The number of hydrogen-bond donors (Lipinski definition) is 2. The van der Waals surface area contributed by atoms with Gasteiger partial charge in [-0.2, -0.15) is 0 Å². The summed E-state index contributed by atoms with van der Waals surface area (Å²) in [4.78, 5) is 12.4. The average molecular weight is 318 g/mol. The lowest BCUT2D eigenvalue weighted by atomic mass is 10.2. The SMILES string of the molecule is CC(C)NC(=O)CSc1ccc(Br)cc1CO. The third-order valence-corrected chi connectivity index (χ3v) is 3.61. The molecule has 3 nitrogen and oxygen atoms in total. The number of carbonyl (C=O) groups is 1. The first-order valence-corrected chi connectivity index (χ1v) is 7.12. The van der Waals surface area contributed by atoms with Gasteiger partial charge in [-0.15, -0.1) is 11.8 Å². The van der Waals surface area contributed by atoms with E-state index in [4.69, 9.17) is 0 Å². The molecule has 0 aromatic heterocycles. The number of nitrogens with one attached hydrogen (secondary N) is 1. The number of amides is 1. The van der Waals surface area contributed by atoms with Gasteiger partial charge in [-0.3, -0.25) is 4.79 Å². The highest BCUT2D eigenvalue weighted by Crippen LogP contribution is 2.25. The van der Waals surface area contributed by atoms with Gasteiger partial charge >= 0.3 is 0 Å². The van der Waals surface area contributed by atoms with Gasteiger partial charge in [0.15, 0.2) is 0 Å². The predicted molar refractivity (Wildman–Crippen MR) is 74.1 cm³/mol. The van der Waals surface area contributed by atoms with Crippen molar-refractivity contribution in [3.63, 3.8) is 0 Å². The fraction of sp³-hybridized carbons (Fsp3) is 0.417. The maximum absolute atomic E-state index is 11.5. The van der Waals surface area contributed by atoms with E-state index in [1.165, 1.54) is 11.8 Å². The van der Waals surface area contributed by atoms with E-state index in [2.05, 4.69) is 21.2 Å². The minimum absolute atomic E-state index is 0.0109. The molecule has 0 heterocycles. The Kier molecular flexibility index (Phi) is 6.02. The quantitative estimate of drug-likeness (QED) is 0.821. The van der Waals surface area contributed by atoms with Crippen LogP contribution < -0.4 is 5.32 Å². The summed E-state index contributed by atoms with van der Waals surface area (Å²) in [6.45, 7) is 3.84. The minimum Gasteiger partial charge on any atom is -0.392 e. The number of hydrogen-bond acceptors (Lipinski definition) is 3. The van der Waals surface area contributed by atoms with Crippen LogP contribution in [0.4, 0.5) is 0 Å². The Labute approximate surface area is 114 Å². The minimum atomic E-state index is -0.0203. The van der Waals surface area contributed by atoms with Crippen molar-refractivity contribution >= 4 is 33.6 Å². The Bertz CT molecular complexity index is 396. The molecule has 0 aliphatic heterocycles. The molecule has 0 saturated heterocycles. The molecule has 0 aliphatic rings. The summed E-state index contributed by atoms with van der Waals surface area (Å²) in [6.07, 6.45) is 0. The molecule has 94 valence electrons. The van der Waals surface area contributed by atoms with Gasteiger partial charge in [0, 0.05) is 15.4 Å². The van der Waals surface area contributed by atoms with Crippen molar-refractivity contribution in [3.05, 3.63) is 28.2 Å². The molecule has 0 fully saturated rings. The second-order valence-corrected chi connectivity index (χ2v) is 5.85. The van der Waals surface area contributed by atoms with Crippen LogP contribution in [0.15, 0.2) is 27.6 Å². The fourth-order valence-electron chi connectivity index (χ4n) is 1.32. The zero-order valence-electron chi connectivity index (χ0n) is 9.87. The molecule has 1 aromatic rings. The van der Waals surface area contributed by atoms with E-state index in [1.54, 1.807) is 0 Å². The molecule has 1 rings (SSSR count). The summed E-state index contributed by atoms with van der Waals surface area (Å²) in [5, 5.41) is 12.0. The molecule has 0 saturated carbocycles. The van der Waals surface area contributed by atoms with Crippen LogP contribution in [0.5, 0.6) is 0 Å². The van der Waals surface area contributed by atoms with E-state index < -0.39 is 0 Å². The van der Waals surface area contributed by atoms with Gasteiger partial charge in [0.25, 0.3) is 0 Å². The lowest BCUT2D eigenvalue weighted by molar-refractivity contribution is -0.119. The average Bonchev–Trinajstić information content (AvgIpc) is 2.26. The molecule has 5 heteroatoms. The highest BCUT2D eigenvalue weighted by molar-refractivity contribution is 9.10. The number of thioether (sulfide) groups is 1. The largest absolute Gasteiger partial charge is 0.392 e. The molecule has 0 unspecified atom stereocenters. The molecule has 1 amide bonds. The summed E-state index contributed by atoms with van der Waals surface area (Å²) in [5.41, 5.74) is 0.835. The van der Waals surface area contributed by atoms with Gasteiger partial charge in [-0.25, -0.2) is 0 Å². The second-order valence-electron chi connectivity index (χ2n) is 3.92. The van der Waals surface area contributed by atoms with Crippen molar-refractivity contribution in [2.45, 2.75) is 31.4 Å². The molecular formula is C12H16BrNO2S. The molecule has 0 radical (unpaired) electrons. The smallest absolute Gasteiger partial charge is 0.230 e. The topological polar surface area (TPSA) is 49.3 Å². The first-order valence-electron chi connectivity index (χ1n) is 5.34. The van der Waals surface area contributed by atoms with Gasteiger partial charge in [-0.1, -0.05) is 15.9 Å². The number of aliphatic hydroxyl groups is 1. The van der Waals surface area contributed by atoms with Crippen LogP contribution >= 0.6 is 27.7 Å². The van der Waals surface area contributed by atoms with Crippen molar-refractivity contribution < 1.29 is 9.90 Å². The van der Waals surface area contributed by atoms with Gasteiger partial charge in [0.2, 0.25) is 5.91 Å². The van der Waals surface area contributed by atoms with Gasteiger partial charge in [0.05, 0.1) is 12.4 Å². The maximum Gasteiger partial charge on any atom is 0.230 e. The van der Waals surface area contributed by atoms with Crippen LogP contribution in [0, 0.1) is 0 Å².